The van der Waals surface area contributed by atoms with Crippen LogP contribution in [-0.2, 0) is 17.9 Å². The van der Waals surface area contributed by atoms with Gasteiger partial charge in [-0.15, -0.1) is 5.10 Å². The fraction of sp³-hybridized carbons (Fsp3) is 0.250. The van der Waals surface area contributed by atoms with Crippen LogP contribution >= 0.6 is 0 Å². The zero-order chi connectivity index (χ0) is 15.9. The third-order valence-electron chi connectivity index (χ3n) is 3.23. The summed E-state index contributed by atoms with van der Waals surface area (Å²) in [6, 6.07) is 15.3. The smallest absolute Gasteiger partial charge is 0.200 e. The molecule has 23 heavy (non-hydrogen) atoms. The second-order valence-corrected chi connectivity index (χ2v) is 5.05. The highest BCUT2D eigenvalue weighted by molar-refractivity contribution is 5.47. The van der Waals surface area contributed by atoms with E-state index in [4.69, 9.17) is 4.74 Å². The van der Waals surface area contributed by atoms with Gasteiger partial charge in [0, 0.05) is 6.20 Å². The van der Waals surface area contributed by atoms with Crippen LogP contribution in [0.1, 0.15) is 5.56 Å². The number of tetrazole rings is 1. The molecular formula is C16H17N5O2. The van der Waals surface area contributed by atoms with Gasteiger partial charge in [-0.25, -0.2) is 4.68 Å². The SMILES string of the molecule is O[C@@H](COCc1ccccc1)Cn1nnnc1-c1ccccn1. The summed E-state index contributed by atoms with van der Waals surface area (Å²) < 4.78 is 7.05. The lowest BCUT2D eigenvalue weighted by atomic mass is 10.2. The van der Waals surface area contributed by atoms with Crippen molar-refractivity contribution in [2.75, 3.05) is 6.61 Å². The van der Waals surface area contributed by atoms with E-state index in [9.17, 15) is 5.11 Å². The summed E-state index contributed by atoms with van der Waals surface area (Å²) in [5.74, 6) is 0.521. The Balaban J connectivity index is 1.54. The van der Waals surface area contributed by atoms with E-state index >= 15 is 0 Å². The molecule has 3 aromatic rings. The van der Waals surface area contributed by atoms with Crippen molar-refractivity contribution >= 4 is 0 Å². The number of rotatable bonds is 7. The Morgan fingerprint density at radius 1 is 1.09 bits per heavy atom. The van der Waals surface area contributed by atoms with Crippen LogP contribution in [0.4, 0.5) is 0 Å². The lowest BCUT2D eigenvalue weighted by Crippen LogP contribution is -2.23. The Morgan fingerprint density at radius 3 is 2.70 bits per heavy atom. The molecule has 0 fully saturated rings. The lowest BCUT2D eigenvalue weighted by molar-refractivity contribution is 0.0187. The third kappa shape index (κ3) is 4.18. The maximum Gasteiger partial charge on any atom is 0.200 e. The van der Waals surface area contributed by atoms with Crippen molar-refractivity contribution in [1.29, 1.82) is 0 Å². The standard InChI is InChI=1S/C16H17N5O2/c22-14(12-23-11-13-6-2-1-3-7-13)10-21-16(18-19-20-21)15-8-4-5-9-17-15/h1-9,14,22H,10-12H2/t14-/m1/s1. The molecule has 0 bridgehead atoms. The molecule has 0 saturated carbocycles. The Bertz CT molecular complexity index is 718. The van der Waals surface area contributed by atoms with Crippen LogP contribution in [-0.4, -0.2) is 43.0 Å². The summed E-state index contributed by atoms with van der Waals surface area (Å²) in [5, 5.41) is 21.6. The van der Waals surface area contributed by atoms with E-state index < -0.39 is 6.10 Å². The molecule has 7 heteroatoms. The molecule has 0 aliphatic rings. The van der Waals surface area contributed by atoms with Crippen molar-refractivity contribution in [3.05, 3.63) is 60.3 Å². The first kappa shape index (κ1) is 15.3. The van der Waals surface area contributed by atoms with Gasteiger partial charge in [0.2, 0.25) is 5.82 Å². The molecule has 7 nitrogen and oxygen atoms in total. The number of hydrogen-bond donors (Lipinski definition) is 1. The van der Waals surface area contributed by atoms with Gasteiger partial charge in [0.1, 0.15) is 5.69 Å². The van der Waals surface area contributed by atoms with Gasteiger partial charge >= 0.3 is 0 Å². The van der Waals surface area contributed by atoms with Crippen LogP contribution in [0.5, 0.6) is 0 Å². The maximum atomic E-state index is 10.1. The fourth-order valence-electron chi connectivity index (χ4n) is 2.15. The van der Waals surface area contributed by atoms with Gasteiger partial charge in [-0.1, -0.05) is 36.4 Å². The highest BCUT2D eigenvalue weighted by Crippen LogP contribution is 2.12. The molecule has 1 aromatic carbocycles. The first-order valence-corrected chi connectivity index (χ1v) is 7.30. The molecule has 1 N–H and O–H groups in total. The average molecular weight is 311 g/mol. The molecule has 0 aliphatic heterocycles. The number of nitrogens with zero attached hydrogens (tertiary/aromatic N) is 5. The molecule has 1 atom stereocenters. The number of pyridine rings is 1. The molecule has 0 amide bonds. The predicted octanol–water partition coefficient (Wildman–Crippen LogP) is 1.31. The minimum absolute atomic E-state index is 0.205. The Hall–Kier alpha value is -2.64. The second-order valence-electron chi connectivity index (χ2n) is 5.05. The van der Waals surface area contributed by atoms with E-state index in [1.54, 1.807) is 6.20 Å². The van der Waals surface area contributed by atoms with Crippen LogP contribution in [0.2, 0.25) is 0 Å². The monoisotopic (exact) mass is 311 g/mol. The van der Waals surface area contributed by atoms with E-state index in [0.717, 1.165) is 5.56 Å². The Morgan fingerprint density at radius 2 is 1.91 bits per heavy atom. The van der Waals surface area contributed by atoms with Crippen LogP contribution in [0.25, 0.3) is 11.5 Å². The molecular weight excluding hydrogens is 294 g/mol. The van der Waals surface area contributed by atoms with Crippen molar-refractivity contribution in [1.82, 2.24) is 25.2 Å². The highest BCUT2D eigenvalue weighted by atomic mass is 16.5. The van der Waals surface area contributed by atoms with E-state index in [1.165, 1.54) is 4.68 Å². The Labute approximate surface area is 133 Å². The molecule has 0 aliphatic carbocycles. The summed E-state index contributed by atoms with van der Waals surface area (Å²) in [4.78, 5) is 4.21. The van der Waals surface area contributed by atoms with Crippen LogP contribution in [0, 0.1) is 0 Å². The van der Waals surface area contributed by atoms with Gasteiger partial charge < -0.3 is 9.84 Å². The quantitative estimate of drug-likeness (QED) is 0.708. The molecule has 3 rings (SSSR count). The van der Waals surface area contributed by atoms with Gasteiger partial charge in [0.05, 0.1) is 25.9 Å². The largest absolute Gasteiger partial charge is 0.389 e. The van der Waals surface area contributed by atoms with E-state index in [1.807, 2.05) is 48.5 Å². The topological polar surface area (TPSA) is 86.0 Å². The molecule has 2 heterocycles. The number of hydrogen-bond acceptors (Lipinski definition) is 6. The molecule has 0 saturated heterocycles. The number of ether oxygens (including phenoxy) is 1. The predicted molar refractivity (Wildman–Crippen MR) is 83.2 cm³/mol. The number of aromatic nitrogens is 5. The van der Waals surface area contributed by atoms with Gasteiger partial charge in [-0.2, -0.15) is 0 Å². The van der Waals surface area contributed by atoms with Gasteiger partial charge in [-0.3, -0.25) is 4.98 Å². The van der Waals surface area contributed by atoms with Gasteiger partial charge in [-0.05, 0) is 28.1 Å². The number of aliphatic hydroxyl groups excluding tert-OH is 1. The molecule has 118 valence electrons. The van der Waals surface area contributed by atoms with Gasteiger partial charge in [0.15, 0.2) is 0 Å². The van der Waals surface area contributed by atoms with Crippen LogP contribution in [0.3, 0.4) is 0 Å². The fourth-order valence-corrected chi connectivity index (χ4v) is 2.15. The van der Waals surface area contributed by atoms with Crippen molar-refractivity contribution in [2.45, 2.75) is 19.3 Å². The molecule has 0 radical (unpaired) electrons. The second kappa shape index (κ2) is 7.57. The number of aliphatic hydroxyl groups is 1. The van der Waals surface area contributed by atoms with Crippen LogP contribution < -0.4 is 0 Å². The van der Waals surface area contributed by atoms with E-state index in [2.05, 4.69) is 20.5 Å². The number of benzene rings is 1. The van der Waals surface area contributed by atoms with Crippen LogP contribution in [0.15, 0.2) is 54.7 Å². The summed E-state index contributed by atoms with van der Waals surface area (Å²) >= 11 is 0. The zero-order valence-electron chi connectivity index (χ0n) is 12.5. The minimum Gasteiger partial charge on any atom is -0.389 e. The zero-order valence-corrected chi connectivity index (χ0v) is 12.5. The average Bonchev–Trinajstić information content (AvgIpc) is 3.05. The first-order valence-electron chi connectivity index (χ1n) is 7.30. The summed E-state index contributed by atoms with van der Waals surface area (Å²) in [6.07, 6.45) is 0.970. The summed E-state index contributed by atoms with van der Waals surface area (Å²) in [7, 11) is 0. The maximum absolute atomic E-state index is 10.1. The lowest BCUT2D eigenvalue weighted by Gasteiger charge is -2.12. The molecule has 0 spiro atoms. The summed E-state index contributed by atoms with van der Waals surface area (Å²) in [6.45, 7) is 0.907. The normalized spacial score (nSPS) is 12.2. The minimum atomic E-state index is -0.704. The van der Waals surface area contributed by atoms with E-state index in [0.29, 0.717) is 18.1 Å². The highest BCUT2D eigenvalue weighted by Gasteiger charge is 2.14. The molecule has 0 unspecified atom stereocenters. The summed E-state index contributed by atoms with van der Waals surface area (Å²) in [5.41, 5.74) is 1.73. The van der Waals surface area contributed by atoms with Crippen molar-refractivity contribution in [2.24, 2.45) is 0 Å². The van der Waals surface area contributed by atoms with Crippen molar-refractivity contribution in [3.8, 4) is 11.5 Å². The van der Waals surface area contributed by atoms with E-state index in [-0.39, 0.29) is 13.2 Å². The van der Waals surface area contributed by atoms with Crippen molar-refractivity contribution < 1.29 is 9.84 Å². The van der Waals surface area contributed by atoms with Gasteiger partial charge in [0.25, 0.3) is 0 Å². The first-order chi connectivity index (χ1) is 11.3. The van der Waals surface area contributed by atoms with Crippen molar-refractivity contribution in [3.63, 3.8) is 0 Å². The molecule has 2 aromatic heterocycles. The Kier molecular flexibility index (Phi) is 5.02. The third-order valence-corrected chi connectivity index (χ3v) is 3.23.